The number of hydrogen-bond donors (Lipinski definition) is 1. The van der Waals surface area contributed by atoms with Gasteiger partial charge in [-0.25, -0.2) is 0 Å². The van der Waals surface area contributed by atoms with Crippen molar-refractivity contribution in [3.8, 4) is 17.6 Å². The van der Waals surface area contributed by atoms with Crippen LogP contribution < -0.4 is 10.5 Å². The molecule has 0 radical (unpaired) electrons. The standard InChI is InChI=1S/C16H15ClN2O/c1-10-3-4-12(9-18)7-16(10)20-15-6-5-13(11(2)19)8-14(15)17/h3-8,11H,19H2,1-2H3/t11-/m1/s1. The molecule has 0 aliphatic heterocycles. The van der Waals surface area contributed by atoms with Crippen molar-refractivity contribution in [3.63, 3.8) is 0 Å². The fourth-order valence-corrected chi connectivity index (χ4v) is 2.01. The second-order valence-corrected chi connectivity index (χ2v) is 5.08. The van der Waals surface area contributed by atoms with Crippen molar-refractivity contribution in [3.05, 3.63) is 58.1 Å². The fraction of sp³-hybridized carbons (Fsp3) is 0.188. The number of ether oxygens (including phenoxy) is 1. The van der Waals surface area contributed by atoms with Gasteiger partial charge >= 0.3 is 0 Å². The molecular weight excluding hydrogens is 272 g/mol. The summed E-state index contributed by atoms with van der Waals surface area (Å²) in [5.74, 6) is 1.17. The van der Waals surface area contributed by atoms with Gasteiger partial charge in [0.15, 0.2) is 0 Å². The first-order chi connectivity index (χ1) is 9.51. The second-order valence-electron chi connectivity index (χ2n) is 4.67. The third-order valence-electron chi connectivity index (χ3n) is 3.02. The van der Waals surface area contributed by atoms with Crippen molar-refractivity contribution in [1.29, 1.82) is 5.26 Å². The Balaban J connectivity index is 2.33. The van der Waals surface area contributed by atoms with Gasteiger partial charge in [-0.1, -0.05) is 23.7 Å². The van der Waals surface area contributed by atoms with Gasteiger partial charge in [0.1, 0.15) is 11.5 Å². The molecule has 0 saturated heterocycles. The summed E-state index contributed by atoms with van der Waals surface area (Å²) < 4.78 is 5.79. The predicted molar refractivity (Wildman–Crippen MR) is 80.0 cm³/mol. The number of nitrogens with two attached hydrogens (primary N) is 1. The molecule has 4 heteroatoms. The Morgan fingerprint density at radius 2 is 1.95 bits per heavy atom. The highest BCUT2D eigenvalue weighted by molar-refractivity contribution is 6.32. The fourth-order valence-electron chi connectivity index (χ4n) is 1.78. The lowest BCUT2D eigenvalue weighted by atomic mass is 10.1. The Bertz CT molecular complexity index is 675. The maximum Gasteiger partial charge on any atom is 0.146 e. The average Bonchev–Trinajstić information content (AvgIpc) is 2.43. The van der Waals surface area contributed by atoms with Gasteiger partial charge in [-0.3, -0.25) is 0 Å². The van der Waals surface area contributed by atoms with Gasteiger partial charge in [-0.15, -0.1) is 0 Å². The number of nitriles is 1. The van der Waals surface area contributed by atoms with Crippen LogP contribution in [-0.2, 0) is 0 Å². The lowest BCUT2D eigenvalue weighted by molar-refractivity contribution is 0.478. The van der Waals surface area contributed by atoms with E-state index < -0.39 is 0 Å². The molecule has 0 aliphatic carbocycles. The summed E-state index contributed by atoms with van der Waals surface area (Å²) in [5.41, 5.74) is 8.25. The third kappa shape index (κ3) is 3.11. The summed E-state index contributed by atoms with van der Waals surface area (Å²) in [6, 6.07) is 12.8. The zero-order valence-electron chi connectivity index (χ0n) is 11.4. The lowest BCUT2D eigenvalue weighted by Gasteiger charge is -2.12. The minimum Gasteiger partial charge on any atom is -0.455 e. The van der Waals surface area contributed by atoms with Crippen LogP contribution in [0.25, 0.3) is 0 Å². The number of benzene rings is 2. The van der Waals surface area contributed by atoms with Crippen molar-refractivity contribution in [1.82, 2.24) is 0 Å². The van der Waals surface area contributed by atoms with E-state index in [1.54, 1.807) is 24.3 Å². The van der Waals surface area contributed by atoms with E-state index in [0.29, 0.717) is 22.1 Å². The number of aryl methyl sites for hydroxylation is 1. The van der Waals surface area contributed by atoms with Crippen LogP contribution >= 0.6 is 11.6 Å². The maximum atomic E-state index is 8.93. The summed E-state index contributed by atoms with van der Waals surface area (Å²) in [6.45, 7) is 3.81. The molecule has 0 aliphatic rings. The van der Waals surface area contributed by atoms with Crippen LogP contribution in [0.15, 0.2) is 36.4 Å². The van der Waals surface area contributed by atoms with E-state index in [1.807, 2.05) is 26.0 Å². The highest BCUT2D eigenvalue weighted by Gasteiger charge is 2.09. The molecule has 2 N–H and O–H groups in total. The molecule has 102 valence electrons. The molecule has 0 aromatic heterocycles. The van der Waals surface area contributed by atoms with Crippen molar-refractivity contribution < 1.29 is 4.74 Å². The summed E-state index contributed by atoms with van der Waals surface area (Å²) in [7, 11) is 0. The summed E-state index contributed by atoms with van der Waals surface area (Å²) in [6.07, 6.45) is 0. The van der Waals surface area contributed by atoms with E-state index in [9.17, 15) is 0 Å². The van der Waals surface area contributed by atoms with Crippen LogP contribution in [0.5, 0.6) is 11.5 Å². The molecular formula is C16H15ClN2O. The minimum absolute atomic E-state index is 0.0785. The van der Waals surface area contributed by atoms with E-state index >= 15 is 0 Å². The van der Waals surface area contributed by atoms with Crippen molar-refractivity contribution in [2.75, 3.05) is 0 Å². The van der Waals surface area contributed by atoms with E-state index in [2.05, 4.69) is 6.07 Å². The van der Waals surface area contributed by atoms with Crippen molar-refractivity contribution in [2.24, 2.45) is 5.73 Å². The molecule has 0 fully saturated rings. The highest BCUT2D eigenvalue weighted by Crippen LogP contribution is 2.33. The summed E-state index contributed by atoms with van der Waals surface area (Å²) >= 11 is 6.20. The Hall–Kier alpha value is -2.02. The summed E-state index contributed by atoms with van der Waals surface area (Å²) in [5, 5.41) is 9.43. The maximum absolute atomic E-state index is 8.93. The molecule has 0 amide bonds. The van der Waals surface area contributed by atoms with E-state index in [4.69, 9.17) is 27.3 Å². The van der Waals surface area contributed by atoms with Crippen LogP contribution in [0.3, 0.4) is 0 Å². The first kappa shape index (κ1) is 14.4. The van der Waals surface area contributed by atoms with Gasteiger partial charge in [0.05, 0.1) is 16.7 Å². The molecule has 1 atom stereocenters. The zero-order chi connectivity index (χ0) is 14.7. The van der Waals surface area contributed by atoms with Gasteiger partial charge in [-0.2, -0.15) is 5.26 Å². The average molecular weight is 287 g/mol. The van der Waals surface area contributed by atoms with Crippen LogP contribution in [0.1, 0.15) is 29.7 Å². The SMILES string of the molecule is Cc1ccc(C#N)cc1Oc1ccc([C@@H](C)N)cc1Cl. The molecule has 0 unspecified atom stereocenters. The Morgan fingerprint density at radius 3 is 2.55 bits per heavy atom. The van der Waals surface area contributed by atoms with Gasteiger partial charge in [-0.05, 0) is 49.2 Å². The second kappa shape index (κ2) is 5.96. The number of hydrogen-bond acceptors (Lipinski definition) is 3. The zero-order valence-corrected chi connectivity index (χ0v) is 12.1. The summed E-state index contributed by atoms with van der Waals surface area (Å²) in [4.78, 5) is 0. The van der Waals surface area contributed by atoms with Crippen LogP contribution in [-0.4, -0.2) is 0 Å². The highest BCUT2D eigenvalue weighted by atomic mass is 35.5. The van der Waals surface area contributed by atoms with Crippen molar-refractivity contribution >= 4 is 11.6 Å². The molecule has 2 rings (SSSR count). The van der Waals surface area contributed by atoms with Gasteiger partial charge in [0, 0.05) is 6.04 Å². The van der Waals surface area contributed by atoms with Crippen LogP contribution in [0.4, 0.5) is 0 Å². The molecule has 2 aromatic rings. The molecule has 20 heavy (non-hydrogen) atoms. The van der Waals surface area contributed by atoms with Crippen LogP contribution in [0.2, 0.25) is 5.02 Å². The van der Waals surface area contributed by atoms with Crippen LogP contribution in [0, 0.1) is 18.3 Å². The Morgan fingerprint density at radius 1 is 1.20 bits per heavy atom. The normalized spacial score (nSPS) is 11.8. The molecule has 0 saturated carbocycles. The number of rotatable bonds is 3. The topological polar surface area (TPSA) is 59.0 Å². The van der Waals surface area contributed by atoms with Gasteiger partial charge in [0.25, 0.3) is 0 Å². The van der Waals surface area contributed by atoms with E-state index in [-0.39, 0.29) is 6.04 Å². The quantitative estimate of drug-likeness (QED) is 0.913. The van der Waals surface area contributed by atoms with Gasteiger partial charge in [0.2, 0.25) is 0 Å². The first-order valence-electron chi connectivity index (χ1n) is 6.25. The smallest absolute Gasteiger partial charge is 0.146 e. The third-order valence-corrected chi connectivity index (χ3v) is 3.31. The monoisotopic (exact) mass is 286 g/mol. The van der Waals surface area contributed by atoms with Gasteiger partial charge < -0.3 is 10.5 Å². The molecule has 0 spiro atoms. The molecule has 3 nitrogen and oxygen atoms in total. The Labute approximate surface area is 123 Å². The molecule has 2 aromatic carbocycles. The molecule has 0 heterocycles. The number of nitrogens with zero attached hydrogens (tertiary/aromatic N) is 1. The largest absolute Gasteiger partial charge is 0.455 e. The van der Waals surface area contributed by atoms with Crippen molar-refractivity contribution in [2.45, 2.75) is 19.9 Å². The first-order valence-corrected chi connectivity index (χ1v) is 6.62. The molecule has 0 bridgehead atoms. The van der Waals surface area contributed by atoms with E-state index in [1.165, 1.54) is 0 Å². The van der Waals surface area contributed by atoms with E-state index in [0.717, 1.165) is 11.1 Å². The Kier molecular flexibility index (Phi) is 4.29. The predicted octanol–water partition coefficient (Wildman–Crippen LogP) is 4.33. The lowest BCUT2D eigenvalue weighted by Crippen LogP contribution is -2.04. The number of halogens is 1. The minimum atomic E-state index is -0.0785.